The van der Waals surface area contributed by atoms with Gasteiger partial charge in [-0.15, -0.1) is 0 Å². The Hall–Kier alpha value is -3.16. The van der Waals surface area contributed by atoms with E-state index in [0.29, 0.717) is 32.7 Å². The molecule has 3 N–H and O–H groups in total. The molecule has 0 fully saturated rings. The molecule has 3 amide bonds. The fourth-order valence-corrected chi connectivity index (χ4v) is 3.78. The van der Waals surface area contributed by atoms with Crippen molar-refractivity contribution in [1.29, 1.82) is 0 Å². The van der Waals surface area contributed by atoms with Crippen molar-refractivity contribution in [2.45, 2.75) is 0 Å². The number of aryl methyl sites for hydroxylation is 1. The molecule has 1 aliphatic heterocycles. The number of aliphatic hydroxyl groups excluding tert-OH is 1. The molecular weight excluding hydrogens is 382 g/mol. The summed E-state index contributed by atoms with van der Waals surface area (Å²) in [4.78, 5) is 37.4. The molecule has 0 bridgehead atoms. The highest BCUT2D eigenvalue weighted by Gasteiger charge is 2.34. The fraction of sp³-hybridized carbons (Fsp3) is 0.150. The zero-order chi connectivity index (χ0) is 20.0. The predicted octanol–water partition coefficient (Wildman–Crippen LogP) is 2.10. The van der Waals surface area contributed by atoms with Crippen molar-refractivity contribution in [1.82, 2.24) is 15.2 Å². The van der Waals surface area contributed by atoms with Gasteiger partial charge in [0.25, 0.3) is 17.7 Å². The zero-order valence-corrected chi connectivity index (χ0v) is 15.6. The van der Waals surface area contributed by atoms with E-state index < -0.39 is 11.8 Å². The summed E-state index contributed by atoms with van der Waals surface area (Å²) in [6.45, 7) is -0.0685. The minimum absolute atomic E-state index is 0.113. The molecule has 0 saturated heterocycles. The maximum Gasteiger partial charge on any atom is 0.268 e. The number of hydrogen-bond donors (Lipinski definition) is 3. The molecular formula is C20H16ClN3O4. The van der Waals surface area contributed by atoms with Gasteiger partial charge in [0.2, 0.25) is 0 Å². The number of amides is 3. The number of imide groups is 1. The molecule has 7 nitrogen and oxygen atoms in total. The first-order chi connectivity index (χ1) is 13.4. The van der Waals surface area contributed by atoms with Crippen LogP contribution < -0.4 is 10.6 Å². The number of hydrogen-bond acceptors (Lipinski definition) is 4. The van der Waals surface area contributed by atoms with Gasteiger partial charge >= 0.3 is 0 Å². The van der Waals surface area contributed by atoms with Crippen LogP contribution in [0.1, 0.15) is 31.2 Å². The molecule has 28 heavy (non-hydrogen) atoms. The predicted molar refractivity (Wildman–Crippen MR) is 105 cm³/mol. The van der Waals surface area contributed by atoms with Crippen LogP contribution in [0.2, 0.25) is 5.02 Å². The minimum Gasteiger partial charge on any atom is -0.395 e. The molecule has 0 unspecified atom stereocenters. The van der Waals surface area contributed by atoms with Gasteiger partial charge in [-0.25, -0.2) is 0 Å². The molecule has 1 aromatic heterocycles. The smallest absolute Gasteiger partial charge is 0.268 e. The summed E-state index contributed by atoms with van der Waals surface area (Å²) in [6, 6.07) is 10.4. The topological polar surface area (TPSA) is 100 Å². The van der Waals surface area contributed by atoms with E-state index in [4.69, 9.17) is 16.7 Å². The van der Waals surface area contributed by atoms with Gasteiger partial charge in [0.05, 0.1) is 17.7 Å². The summed E-state index contributed by atoms with van der Waals surface area (Å²) in [5, 5.41) is 14.8. The van der Waals surface area contributed by atoms with Crippen molar-refractivity contribution in [2.24, 2.45) is 7.05 Å². The Morgan fingerprint density at radius 1 is 1.14 bits per heavy atom. The highest BCUT2D eigenvalue weighted by Crippen LogP contribution is 2.39. The zero-order valence-electron chi connectivity index (χ0n) is 14.9. The summed E-state index contributed by atoms with van der Waals surface area (Å²) >= 11 is 6.34. The van der Waals surface area contributed by atoms with Crippen molar-refractivity contribution in [3.63, 3.8) is 0 Å². The number of halogens is 1. The van der Waals surface area contributed by atoms with Crippen LogP contribution in [0.3, 0.4) is 0 Å². The monoisotopic (exact) mass is 397 g/mol. The average Bonchev–Trinajstić information content (AvgIpc) is 3.16. The van der Waals surface area contributed by atoms with Gasteiger partial charge in [-0.05, 0) is 23.8 Å². The van der Waals surface area contributed by atoms with E-state index in [1.165, 1.54) is 0 Å². The van der Waals surface area contributed by atoms with E-state index >= 15 is 0 Å². The van der Waals surface area contributed by atoms with E-state index in [1.807, 2.05) is 0 Å². The third kappa shape index (κ3) is 2.67. The lowest BCUT2D eigenvalue weighted by molar-refractivity contribution is 0.0878. The molecule has 0 atom stereocenters. The lowest BCUT2D eigenvalue weighted by Gasteiger charge is -2.11. The largest absolute Gasteiger partial charge is 0.395 e. The third-order valence-corrected chi connectivity index (χ3v) is 5.15. The van der Waals surface area contributed by atoms with Crippen LogP contribution in [0.25, 0.3) is 22.0 Å². The van der Waals surface area contributed by atoms with Crippen LogP contribution in [0.15, 0.2) is 36.4 Å². The molecule has 0 radical (unpaired) electrons. The van der Waals surface area contributed by atoms with Gasteiger partial charge in [0.15, 0.2) is 0 Å². The van der Waals surface area contributed by atoms with Gasteiger partial charge in [-0.1, -0.05) is 29.8 Å². The molecule has 142 valence electrons. The summed E-state index contributed by atoms with van der Waals surface area (Å²) in [7, 11) is 1.70. The Morgan fingerprint density at radius 2 is 1.86 bits per heavy atom. The second-order valence-electron chi connectivity index (χ2n) is 6.44. The quantitative estimate of drug-likeness (QED) is 0.587. The number of nitrogens with one attached hydrogen (secondary N) is 2. The van der Waals surface area contributed by atoms with Crippen LogP contribution in [0.4, 0.5) is 0 Å². The fourth-order valence-electron chi connectivity index (χ4n) is 3.54. The number of fused-ring (bicyclic) bond motifs is 3. The Labute approximate surface area is 164 Å². The highest BCUT2D eigenvalue weighted by molar-refractivity contribution is 6.35. The molecule has 1 aliphatic rings. The molecule has 4 rings (SSSR count). The van der Waals surface area contributed by atoms with Crippen LogP contribution >= 0.6 is 11.6 Å². The highest BCUT2D eigenvalue weighted by atomic mass is 35.5. The molecule has 0 saturated carbocycles. The Kier molecular flexibility index (Phi) is 4.41. The lowest BCUT2D eigenvalue weighted by Crippen LogP contribution is -2.27. The summed E-state index contributed by atoms with van der Waals surface area (Å²) in [6.07, 6.45) is 0. The molecule has 0 spiro atoms. The van der Waals surface area contributed by atoms with E-state index in [1.54, 1.807) is 48.0 Å². The van der Waals surface area contributed by atoms with Gasteiger partial charge < -0.3 is 15.0 Å². The maximum absolute atomic E-state index is 12.5. The van der Waals surface area contributed by atoms with Gasteiger partial charge in [-0.2, -0.15) is 0 Å². The second kappa shape index (κ2) is 6.78. The normalized spacial score (nSPS) is 13.0. The Bertz CT molecular complexity index is 1170. The van der Waals surface area contributed by atoms with E-state index in [0.717, 1.165) is 0 Å². The van der Waals surface area contributed by atoms with E-state index in [2.05, 4.69) is 10.6 Å². The van der Waals surface area contributed by atoms with Gasteiger partial charge in [0.1, 0.15) is 5.69 Å². The molecule has 2 aromatic carbocycles. The summed E-state index contributed by atoms with van der Waals surface area (Å²) in [5.41, 5.74) is 2.56. The lowest BCUT2D eigenvalue weighted by atomic mass is 9.94. The second-order valence-corrected chi connectivity index (χ2v) is 6.85. The number of carbonyl (C=O) groups excluding carboxylic acids is 3. The maximum atomic E-state index is 12.5. The van der Waals surface area contributed by atoms with Crippen molar-refractivity contribution in [3.05, 3.63) is 58.2 Å². The molecule has 2 heterocycles. The van der Waals surface area contributed by atoms with Crippen molar-refractivity contribution >= 4 is 40.2 Å². The third-order valence-electron chi connectivity index (χ3n) is 4.82. The number of aliphatic hydroxyl groups is 1. The number of aromatic nitrogens is 1. The van der Waals surface area contributed by atoms with Crippen molar-refractivity contribution < 1.29 is 19.5 Å². The van der Waals surface area contributed by atoms with Crippen LogP contribution in [0.5, 0.6) is 0 Å². The first-order valence-corrected chi connectivity index (χ1v) is 8.98. The van der Waals surface area contributed by atoms with Crippen LogP contribution in [-0.2, 0) is 7.05 Å². The average molecular weight is 398 g/mol. The summed E-state index contributed by atoms with van der Waals surface area (Å²) in [5.74, 6) is -1.38. The van der Waals surface area contributed by atoms with Crippen molar-refractivity contribution in [2.75, 3.05) is 13.2 Å². The number of nitrogens with zero attached hydrogens (tertiary/aromatic N) is 1. The number of carbonyl (C=O) groups is 3. The number of benzene rings is 2. The standard InChI is InChI=1S/C20H16ClN3O4/c1-24-14-8-11(10-4-2-3-5-13(10)21)16-17(20(28)23-19(16)27)12(14)9-15(24)18(26)22-6-7-25/h2-5,8-9,25H,6-7H2,1H3,(H,22,26)(H,23,27,28). The first kappa shape index (κ1) is 18.2. The van der Waals surface area contributed by atoms with Gasteiger partial charge in [0, 0.05) is 35.1 Å². The molecule has 0 aliphatic carbocycles. The van der Waals surface area contributed by atoms with Crippen LogP contribution in [0, 0.1) is 0 Å². The Balaban J connectivity index is 2.03. The van der Waals surface area contributed by atoms with Gasteiger partial charge in [-0.3, -0.25) is 19.7 Å². The molecule has 3 aromatic rings. The number of rotatable bonds is 4. The first-order valence-electron chi connectivity index (χ1n) is 8.60. The summed E-state index contributed by atoms with van der Waals surface area (Å²) < 4.78 is 1.65. The van der Waals surface area contributed by atoms with Crippen LogP contribution in [-0.4, -0.2) is 40.5 Å². The van der Waals surface area contributed by atoms with E-state index in [-0.39, 0.29) is 30.2 Å². The Morgan fingerprint density at radius 3 is 2.57 bits per heavy atom. The SMILES string of the molecule is Cn1c(C(=O)NCCO)cc2c3c(c(-c4ccccc4Cl)cc21)C(=O)NC3=O. The molecule has 8 heteroatoms. The van der Waals surface area contributed by atoms with Crippen molar-refractivity contribution in [3.8, 4) is 11.1 Å². The van der Waals surface area contributed by atoms with E-state index in [9.17, 15) is 14.4 Å². The minimum atomic E-state index is -0.508.